The van der Waals surface area contributed by atoms with Crippen LogP contribution in [-0.2, 0) is 11.2 Å². The standard InChI is InChI=1S/C19H19N5O3/c1-11-12(2)23-24(13(11)3)19-20-8-15(9-21-19)22-18(25)7-14-4-5-16-17(6-14)27-10-26-16/h4-6,8-9H,7,10H2,1-3H3,(H,22,25). The van der Waals surface area contributed by atoms with Gasteiger partial charge in [-0.05, 0) is 44.0 Å². The number of amides is 1. The zero-order valence-electron chi connectivity index (χ0n) is 15.3. The van der Waals surface area contributed by atoms with Crippen LogP contribution in [-0.4, -0.2) is 32.4 Å². The highest BCUT2D eigenvalue weighted by atomic mass is 16.7. The molecule has 138 valence electrons. The van der Waals surface area contributed by atoms with E-state index >= 15 is 0 Å². The lowest BCUT2D eigenvalue weighted by Gasteiger charge is -2.07. The average molecular weight is 365 g/mol. The summed E-state index contributed by atoms with van der Waals surface area (Å²) in [6.07, 6.45) is 3.37. The van der Waals surface area contributed by atoms with Gasteiger partial charge in [0.25, 0.3) is 5.95 Å². The largest absolute Gasteiger partial charge is 0.454 e. The highest BCUT2D eigenvalue weighted by molar-refractivity contribution is 5.92. The molecule has 0 aliphatic carbocycles. The molecule has 2 aromatic heterocycles. The van der Waals surface area contributed by atoms with Crippen molar-refractivity contribution >= 4 is 11.6 Å². The number of benzene rings is 1. The van der Waals surface area contributed by atoms with Gasteiger partial charge in [0.2, 0.25) is 12.7 Å². The number of carbonyl (C=O) groups excluding carboxylic acids is 1. The summed E-state index contributed by atoms with van der Waals surface area (Å²) in [5, 5.41) is 7.24. The van der Waals surface area contributed by atoms with Crippen LogP contribution in [0, 0.1) is 20.8 Å². The molecule has 8 nitrogen and oxygen atoms in total. The molecule has 3 aromatic rings. The monoisotopic (exact) mass is 365 g/mol. The van der Waals surface area contributed by atoms with E-state index in [0.717, 1.165) is 22.5 Å². The second kappa shape index (κ2) is 6.71. The second-order valence-electron chi connectivity index (χ2n) is 6.39. The van der Waals surface area contributed by atoms with Gasteiger partial charge in [-0.15, -0.1) is 0 Å². The summed E-state index contributed by atoms with van der Waals surface area (Å²) in [6.45, 7) is 6.14. The normalized spacial score (nSPS) is 12.3. The Morgan fingerprint density at radius 2 is 1.89 bits per heavy atom. The fourth-order valence-electron chi connectivity index (χ4n) is 2.85. The number of nitrogens with one attached hydrogen (secondary N) is 1. The second-order valence-corrected chi connectivity index (χ2v) is 6.39. The zero-order valence-corrected chi connectivity index (χ0v) is 15.3. The van der Waals surface area contributed by atoms with Crippen molar-refractivity contribution in [2.75, 3.05) is 12.1 Å². The first-order valence-corrected chi connectivity index (χ1v) is 8.55. The molecule has 0 unspecified atom stereocenters. The van der Waals surface area contributed by atoms with E-state index in [0.29, 0.717) is 23.1 Å². The minimum atomic E-state index is -0.160. The molecule has 0 spiro atoms. The van der Waals surface area contributed by atoms with E-state index in [1.54, 1.807) is 23.1 Å². The molecule has 0 bridgehead atoms. The van der Waals surface area contributed by atoms with Gasteiger partial charge < -0.3 is 14.8 Å². The first-order valence-electron chi connectivity index (χ1n) is 8.55. The van der Waals surface area contributed by atoms with Gasteiger partial charge in [-0.3, -0.25) is 4.79 Å². The Labute approximate surface area is 156 Å². The van der Waals surface area contributed by atoms with Crippen LogP contribution in [0.4, 0.5) is 5.69 Å². The van der Waals surface area contributed by atoms with Crippen molar-refractivity contribution in [3.8, 4) is 17.4 Å². The van der Waals surface area contributed by atoms with Crippen molar-refractivity contribution in [3.63, 3.8) is 0 Å². The SMILES string of the molecule is Cc1nn(-c2ncc(NC(=O)Cc3ccc4c(c3)OCO4)cn2)c(C)c1C. The molecule has 1 N–H and O–H groups in total. The van der Waals surface area contributed by atoms with E-state index in [9.17, 15) is 4.79 Å². The van der Waals surface area contributed by atoms with E-state index in [4.69, 9.17) is 9.47 Å². The smallest absolute Gasteiger partial charge is 0.250 e. The van der Waals surface area contributed by atoms with E-state index in [-0.39, 0.29) is 19.1 Å². The summed E-state index contributed by atoms with van der Waals surface area (Å²) in [4.78, 5) is 20.9. The predicted molar refractivity (Wildman–Crippen MR) is 98.3 cm³/mol. The molecule has 1 aliphatic rings. The Morgan fingerprint density at radius 3 is 2.59 bits per heavy atom. The molecule has 3 heterocycles. The number of aromatic nitrogens is 4. The number of carbonyl (C=O) groups is 1. The molecule has 0 fully saturated rings. The van der Waals surface area contributed by atoms with Crippen molar-refractivity contribution in [2.24, 2.45) is 0 Å². The number of hydrogen-bond donors (Lipinski definition) is 1. The third-order valence-electron chi connectivity index (χ3n) is 4.57. The maximum absolute atomic E-state index is 12.3. The Balaban J connectivity index is 1.43. The summed E-state index contributed by atoms with van der Waals surface area (Å²) >= 11 is 0. The van der Waals surface area contributed by atoms with Gasteiger partial charge in [0.15, 0.2) is 11.5 Å². The van der Waals surface area contributed by atoms with Crippen LogP contribution in [0.25, 0.3) is 5.95 Å². The molecule has 1 aromatic carbocycles. The van der Waals surface area contributed by atoms with Crippen molar-refractivity contribution in [2.45, 2.75) is 27.2 Å². The van der Waals surface area contributed by atoms with Crippen LogP contribution in [0.5, 0.6) is 11.5 Å². The van der Waals surface area contributed by atoms with E-state index < -0.39 is 0 Å². The fourth-order valence-corrected chi connectivity index (χ4v) is 2.85. The fraction of sp³-hybridized carbons (Fsp3) is 0.263. The molecule has 0 radical (unpaired) electrons. The Hall–Kier alpha value is -3.42. The van der Waals surface area contributed by atoms with E-state index in [1.807, 2.05) is 32.9 Å². The lowest BCUT2D eigenvalue weighted by atomic mass is 10.1. The maximum atomic E-state index is 12.3. The minimum Gasteiger partial charge on any atom is -0.454 e. The van der Waals surface area contributed by atoms with Gasteiger partial charge in [-0.25, -0.2) is 14.6 Å². The number of ether oxygens (including phenoxy) is 2. The summed E-state index contributed by atoms with van der Waals surface area (Å²) in [5.74, 6) is 1.67. The first kappa shape index (κ1) is 17.0. The van der Waals surface area contributed by atoms with E-state index in [2.05, 4.69) is 20.4 Å². The third kappa shape index (κ3) is 3.33. The lowest BCUT2D eigenvalue weighted by Crippen LogP contribution is -2.15. The van der Waals surface area contributed by atoms with Crippen molar-refractivity contribution in [1.82, 2.24) is 19.7 Å². The third-order valence-corrected chi connectivity index (χ3v) is 4.57. The topological polar surface area (TPSA) is 91.2 Å². The van der Waals surface area contributed by atoms with Crippen LogP contribution < -0.4 is 14.8 Å². The van der Waals surface area contributed by atoms with Gasteiger partial charge in [0.1, 0.15) is 0 Å². The van der Waals surface area contributed by atoms with Crippen LogP contribution in [0.2, 0.25) is 0 Å². The van der Waals surface area contributed by atoms with Crippen molar-refractivity contribution < 1.29 is 14.3 Å². The highest BCUT2D eigenvalue weighted by Crippen LogP contribution is 2.32. The molecule has 1 amide bonds. The van der Waals surface area contributed by atoms with Gasteiger partial charge in [-0.2, -0.15) is 5.10 Å². The molecule has 1 aliphatic heterocycles. The number of hydrogen-bond acceptors (Lipinski definition) is 6. The first-order chi connectivity index (χ1) is 13.0. The van der Waals surface area contributed by atoms with Gasteiger partial charge in [0.05, 0.1) is 30.2 Å². The maximum Gasteiger partial charge on any atom is 0.250 e. The minimum absolute atomic E-state index is 0.160. The molecular weight excluding hydrogens is 346 g/mol. The molecule has 27 heavy (non-hydrogen) atoms. The lowest BCUT2D eigenvalue weighted by molar-refractivity contribution is -0.115. The molecule has 4 rings (SSSR count). The Bertz CT molecular complexity index is 1010. The highest BCUT2D eigenvalue weighted by Gasteiger charge is 2.15. The number of fused-ring (bicyclic) bond motifs is 1. The predicted octanol–water partition coefficient (Wildman–Crippen LogP) is 2.50. The summed E-state index contributed by atoms with van der Waals surface area (Å²) < 4.78 is 12.3. The summed E-state index contributed by atoms with van der Waals surface area (Å²) in [6, 6.07) is 5.46. The number of rotatable bonds is 4. The summed E-state index contributed by atoms with van der Waals surface area (Å²) in [5.41, 5.74) is 4.42. The average Bonchev–Trinajstić information content (AvgIpc) is 3.22. The van der Waals surface area contributed by atoms with Gasteiger partial charge >= 0.3 is 0 Å². The molecule has 0 saturated heterocycles. The van der Waals surface area contributed by atoms with Crippen LogP contribution in [0.15, 0.2) is 30.6 Å². The van der Waals surface area contributed by atoms with Crippen LogP contribution in [0.3, 0.4) is 0 Å². The molecule has 8 heteroatoms. The summed E-state index contributed by atoms with van der Waals surface area (Å²) in [7, 11) is 0. The Kier molecular flexibility index (Phi) is 4.23. The number of anilines is 1. The quantitative estimate of drug-likeness (QED) is 0.764. The van der Waals surface area contributed by atoms with Crippen molar-refractivity contribution in [3.05, 3.63) is 53.1 Å². The van der Waals surface area contributed by atoms with Crippen LogP contribution in [0.1, 0.15) is 22.5 Å². The zero-order chi connectivity index (χ0) is 19.0. The van der Waals surface area contributed by atoms with Gasteiger partial charge in [-0.1, -0.05) is 6.07 Å². The number of aryl methyl sites for hydroxylation is 1. The van der Waals surface area contributed by atoms with Crippen molar-refractivity contribution in [1.29, 1.82) is 0 Å². The van der Waals surface area contributed by atoms with E-state index in [1.165, 1.54) is 0 Å². The molecular formula is C19H19N5O3. The van der Waals surface area contributed by atoms with Gasteiger partial charge in [0, 0.05) is 5.69 Å². The number of nitrogens with zero attached hydrogens (tertiary/aromatic N) is 4. The Morgan fingerprint density at radius 1 is 1.15 bits per heavy atom. The molecule has 0 saturated carbocycles. The molecule has 0 atom stereocenters. The van der Waals surface area contributed by atoms with Crippen LogP contribution >= 0.6 is 0 Å².